The maximum atomic E-state index is 12.4. The zero-order valence-corrected chi connectivity index (χ0v) is 12.1. The Labute approximate surface area is 117 Å². The normalized spacial score (nSPS) is 23.3. The van der Waals surface area contributed by atoms with Crippen LogP contribution in [0.1, 0.15) is 35.9 Å². The van der Waals surface area contributed by atoms with Gasteiger partial charge >= 0.3 is 0 Å². The Balaban J connectivity index is 1.78. The van der Waals surface area contributed by atoms with Gasteiger partial charge in [0.1, 0.15) is 10.7 Å². The molecule has 2 aliphatic heterocycles. The van der Waals surface area contributed by atoms with Crippen LogP contribution >= 0.6 is 11.3 Å². The van der Waals surface area contributed by atoms with Gasteiger partial charge < -0.3 is 15.5 Å². The largest absolute Gasteiger partial charge is 0.382 e. The molecule has 0 radical (unpaired) electrons. The molecule has 1 aromatic rings. The highest BCUT2D eigenvalue weighted by Gasteiger charge is 2.28. The zero-order valence-electron chi connectivity index (χ0n) is 11.3. The first-order valence-electron chi connectivity index (χ1n) is 6.95. The Kier molecular flexibility index (Phi) is 3.35. The zero-order chi connectivity index (χ0) is 13.4. The van der Waals surface area contributed by atoms with Gasteiger partial charge in [-0.05, 0) is 25.2 Å². The third-order valence-corrected chi connectivity index (χ3v) is 5.04. The first-order chi connectivity index (χ1) is 9.15. The van der Waals surface area contributed by atoms with Crippen molar-refractivity contribution in [3.05, 3.63) is 4.88 Å². The van der Waals surface area contributed by atoms with Gasteiger partial charge in [-0.1, -0.05) is 18.3 Å². The summed E-state index contributed by atoms with van der Waals surface area (Å²) < 4.78 is 0. The molecule has 0 saturated carbocycles. The number of nitrogens with two attached hydrogens (primary N) is 1. The number of thiazole rings is 1. The lowest BCUT2D eigenvalue weighted by Crippen LogP contribution is -2.28. The van der Waals surface area contributed by atoms with Gasteiger partial charge in [-0.15, -0.1) is 0 Å². The summed E-state index contributed by atoms with van der Waals surface area (Å²) in [5.41, 5.74) is 5.94. The molecule has 5 nitrogen and oxygen atoms in total. The SMILES string of the molecule is CC1CCN(C(=O)c2sc(N3CCCC3)nc2N)C1. The second-order valence-corrected chi connectivity index (χ2v) is 6.53. The number of amides is 1. The molecule has 0 bridgehead atoms. The molecule has 2 saturated heterocycles. The molecule has 6 heteroatoms. The molecule has 1 unspecified atom stereocenters. The van der Waals surface area contributed by atoms with Crippen LogP contribution in [0.15, 0.2) is 0 Å². The summed E-state index contributed by atoms with van der Waals surface area (Å²) >= 11 is 1.45. The quantitative estimate of drug-likeness (QED) is 0.897. The highest BCUT2D eigenvalue weighted by Crippen LogP contribution is 2.32. The van der Waals surface area contributed by atoms with E-state index in [1.807, 2.05) is 4.90 Å². The van der Waals surface area contributed by atoms with Crippen molar-refractivity contribution in [2.75, 3.05) is 36.8 Å². The maximum Gasteiger partial charge on any atom is 0.267 e. The van der Waals surface area contributed by atoms with Crippen molar-refractivity contribution in [3.63, 3.8) is 0 Å². The molecule has 0 aromatic carbocycles. The molecular formula is C13H20N4OS. The van der Waals surface area contributed by atoms with Gasteiger partial charge in [0.25, 0.3) is 5.91 Å². The Morgan fingerprint density at radius 3 is 2.74 bits per heavy atom. The highest BCUT2D eigenvalue weighted by molar-refractivity contribution is 7.18. The fraction of sp³-hybridized carbons (Fsp3) is 0.692. The minimum atomic E-state index is 0.0600. The fourth-order valence-electron chi connectivity index (χ4n) is 2.78. The first-order valence-corrected chi connectivity index (χ1v) is 7.77. The third-order valence-electron chi connectivity index (χ3n) is 3.92. The molecule has 3 heterocycles. The number of hydrogen-bond donors (Lipinski definition) is 1. The van der Waals surface area contributed by atoms with Gasteiger partial charge in [-0.3, -0.25) is 4.79 Å². The number of nitrogen functional groups attached to an aromatic ring is 1. The van der Waals surface area contributed by atoms with E-state index in [2.05, 4.69) is 16.8 Å². The summed E-state index contributed by atoms with van der Waals surface area (Å²) in [6, 6.07) is 0. The van der Waals surface area contributed by atoms with Crippen LogP contribution in [0, 0.1) is 5.92 Å². The minimum absolute atomic E-state index is 0.0600. The molecule has 3 rings (SSSR count). The molecule has 0 spiro atoms. The van der Waals surface area contributed by atoms with E-state index in [-0.39, 0.29) is 5.91 Å². The number of likely N-dealkylation sites (tertiary alicyclic amines) is 1. The van der Waals surface area contributed by atoms with E-state index in [4.69, 9.17) is 5.73 Å². The Morgan fingerprint density at radius 2 is 2.11 bits per heavy atom. The molecule has 1 atom stereocenters. The number of carbonyl (C=O) groups excluding carboxylic acids is 1. The van der Waals surface area contributed by atoms with Gasteiger partial charge in [-0.2, -0.15) is 0 Å². The average Bonchev–Trinajstić information content (AvgIpc) is 3.07. The molecule has 19 heavy (non-hydrogen) atoms. The summed E-state index contributed by atoms with van der Waals surface area (Å²) in [4.78, 5) is 21.6. The van der Waals surface area contributed by atoms with E-state index in [0.717, 1.165) is 37.7 Å². The summed E-state index contributed by atoms with van der Waals surface area (Å²) in [6.45, 7) is 5.92. The highest BCUT2D eigenvalue weighted by atomic mass is 32.1. The van der Waals surface area contributed by atoms with Crippen LogP contribution in [0.5, 0.6) is 0 Å². The second-order valence-electron chi connectivity index (χ2n) is 5.55. The summed E-state index contributed by atoms with van der Waals surface area (Å²) in [5.74, 6) is 1.05. The number of aromatic nitrogens is 1. The first kappa shape index (κ1) is 12.7. The van der Waals surface area contributed by atoms with Crippen molar-refractivity contribution in [1.82, 2.24) is 9.88 Å². The number of nitrogens with zero attached hydrogens (tertiary/aromatic N) is 3. The van der Waals surface area contributed by atoms with Gasteiger partial charge in [0, 0.05) is 26.2 Å². The molecular weight excluding hydrogens is 260 g/mol. The molecule has 2 N–H and O–H groups in total. The van der Waals surface area contributed by atoms with Crippen LogP contribution in [0.25, 0.3) is 0 Å². The van der Waals surface area contributed by atoms with Crippen molar-refractivity contribution in [2.45, 2.75) is 26.2 Å². The van der Waals surface area contributed by atoms with Gasteiger partial charge in [0.15, 0.2) is 5.13 Å². The second kappa shape index (κ2) is 5.00. The maximum absolute atomic E-state index is 12.4. The Bertz CT molecular complexity index is 481. The van der Waals surface area contributed by atoms with Crippen molar-refractivity contribution in [1.29, 1.82) is 0 Å². The van der Waals surface area contributed by atoms with E-state index in [1.54, 1.807) is 0 Å². The van der Waals surface area contributed by atoms with Crippen LogP contribution in [0.2, 0.25) is 0 Å². The number of carbonyl (C=O) groups is 1. The Morgan fingerprint density at radius 1 is 1.37 bits per heavy atom. The van der Waals surface area contributed by atoms with Crippen molar-refractivity contribution in [3.8, 4) is 0 Å². The van der Waals surface area contributed by atoms with Gasteiger partial charge in [0.05, 0.1) is 0 Å². The number of hydrogen-bond acceptors (Lipinski definition) is 5. The van der Waals surface area contributed by atoms with Crippen LogP contribution in [-0.4, -0.2) is 42.0 Å². The topological polar surface area (TPSA) is 62.5 Å². The summed E-state index contributed by atoms with van der Waals surface area (Å²) in [5, 5.41) is 0.908. The van der Waals surface area contributed by atoms with Gasteiger partial charge in [0.2, 0.25) is 0 Å². The lowest BCUT2D eigenvalue weighted by atomic mass is 10.2. The van der Waals surface area contributed by atoms with Crippen LogP contribution in [0.4, 0.5) is 10.9 Å². The predicted octanol–water partition coefficient (Wildman–Crippen LogP) is 1.81. The number of rotatable bonds is 2. The molecule has 1 aromatic heterocycles. The van der Waals surface area contributed by atoms with Crippen LogP contribution < -0.4 is 10.6 Å². The minimum Gasteiger partial charge on any atom is -0.382 e. The lowest BCUT2D eigenvalue weighted by Gasteiger charge is -2.14. The van der Waals surface area contributed by atoms with Crippen molar-refractivity contribution in [2.24, 2.45) is 5.92 Å². The van der Waals surface area contributed by atoms with E-state index < -0.39 is 0 Å². The molecule has 0 aliphatic carbocycles. The van der Waals surface area contributed by atoms with Gasteiger partial charge in [-0.25, -0.2) is 4.98 Å². The monoisotopic (exact) mass is 280 g/mol. The molecule has 2 fully saturated rings. The van der Waals surface area contributed by atoms with E-state index in [1.165, 1.54) is 24.2 Å². The summed E-state index contributed by atoms with van der Waals surface area (Å²) in [6.07, 6.45) is 3.49. The third kappa shape index (κ3) is 2.41. The smallest absolute Gasteiger partial charge is 0.267 e. The van der Waals surface area contributed by atoms with E-state index >= 15 is 0 Å². The standard InChI is InChI=1S/C13H20N4OS/c1-9-4-7-17(8-9)12(18)10-11(14)15-13(19-10)16-5-2-3-6-16/h9H,2-8,14H2,1H3. The Hall–Kier alpha value is -1.30. The van der Waals surface area contributed by atoms with E-state index in [0.29, 0.717) is 16.6 Å². The van der Waals surface area contributed by atoms with Crippen LogP contribution in [-0.2, 0) is 0 Å². The lowest BCUT2D eigenvalue weighted by molar-refractivity contribution is 0.0793. The molecule has 1 amide bonds. The molecule has 2 aliphatic rings. The number of anilines is 2. The average molecular weight is 280 g/mol. The van der Waals surface area contributed by atoms with Crippen LogP contribution in [0.3, 0.4) is 0 Å². The molecule has 104 valence electrons. The predicted molar refractivity (Wildman–Crippen MR) is 77.7 cm³/mol. The van der Waals surface area contributed by atoms with Crippen molar-refractivity contribution < 1.29 is 4.79 Å². The summed E-state index contributed by atoms with van der Waals surface area (Å²) in [7, 11) is 0. The van der Waals surface area contributed by atoms with Crippen molar-refractivity contribution >= 4 is 28.2 Å². The fourth-order valence-corrected chi connectivity index (χ4v) is 3.79. The van der Waals surface area contributed by atoms with E-state index in [9.17, 15) is 4.79 Å².